The van der Waals surface area contributed by atoms with Gasteiger partial charge < -0.3 is 16.0 Å². The Morgan fingerprint density at radius 3 is 2.75 bits per heavy atom. The summed E-state index contributed by atoms with van der Waals surface area (Å²) in [5.41, 5.74) is 5.86. The number of carbonyl (C=O) groups excluding carboxylic acids is 1. The van der Waals surface area contributed by atoms with E-state index in [1.165, 1.54) is 37.0 Å². The lowest BCUT2D eigenvalue weighted by Gasteiger charge is -2.18. The van der Waals surface area contributed by atoms with Crippen LogP contribution in [0, 0.1) is 12.3 Å². The number of nitrogen functional groups attached to an aromatic ring is 1. The maximum Gasteiger partial charge on any atom is 0.265 e. The number of terminal acetylenes is 1. The quantitative estimate of drug-likeness (QED) is 0.656. The van der Waals surface area contributed by atoms with Crippen LogP contribution in [0.2, 0.25) is 0 Å². The number of thiazole rings is 1. The lowest BCUT2D eigenvalue weighted by molar-refractivity contribution is 0.0959. The molecule has 108 valence electrons. The van der Waals surface area contributed by atoms with Gasteiger partial charge >= 0.3 is 0 Å². The van der Waals surface area contributed by atoms with Crippen molar-refractivity contribution in [1.82, 2.24) is 10.3 Å². The largest absolute Gasteiger partial charge is 0.382 e. The first-order valence-electron chi connectivity index (χ1n) is 6.95. The number of aromatic nitrogens is 1. The van der Waals surface area contributed by atoms with E-state index < -0.39 is 0 Å². The molecule has 0 radical (unpaired) electrons. The van der Waals surface area contributed by atoms with Gasteiger partial charge in [-0.2, -0.15) is 0 Å². The molecule has 0 aliphatic carbocycles. The molecule has 6 heteroatoms. The van der Waals surface area contributed by atoms with Crippen molar-refractivity contribution < 1.29 is 4.79 Å². The third-order valence-corrected chi connectivity index (χ3v) is 4.41. The Morgan fingerprint density at radius 1 is 1.40 bits per heavy atom. The first kappa shape index (κ1) is 14.7. The number of anilines is 2. The Labute approximate surface area is 123 Å². The van der Waals surface area contributed by atoms with E-state index in [4.69, 9.17) is 12.2 Å². The highest BCUT2D eigenvalue weighted by Gasteiger charge is 2.20. The number of hydrogen-bond donors (Lipinski definition) is 2. The molecule has 1 saturated heterocycles. The van der Waals surface area contributed by atoms with E-state index in [0.717, 1.165) is 18.2 Å². The standard InChI is InChI=1S/C14H20N4OS/c1-2-3-8-16-13(19)11-12(15)17-14(20-11)18-9-6-4-5-7-10-18/h1H,3-10,15H2,(H,16,19). The smallest absolute Gasteiger partial charge is 0.265 e. The van der Waals surface area contributed by atoms with E-state index in [-0.39, 0.29) is 5.91 Å². The molecule has 0 saturated carbocycles. The molecule has 3 N–H and O–H groups in total. The maximum atomic E-state index is 12.0. The molecule has 5 nitrogen and oxygen atoms in total. The van der Waals surface area contributed by atoms with Crippen molar-refractivity contribution in [3.05, 3.63) is 4.88 Å². The number of nitrogens with one attached hydrogen (secondary N) is 1. The van der Waals surface area contributed by atoms with Gasteiger partial charge in [0.25, 0.3) is 5.91 Å². The highest BCUT2D eigenvalue weighted by atomic mass is 32.1. The van der Waals surface area contributed by atoms with Crippen LogP contribution < -0.4 is 16.0 Å². The summed E-state index contributed by atoms with van der Waals surface area (Å²) in [6, 6.07) is 0. The molecule has 1 fully saturated rings. The van der Waals surface area contributed by atoms with Crippen molar-refractivity contribution in [2.45, 2.75) is 32.1 Å². The molecule has 0 unspecified atom stereocenters. The van der Waals surface area contributed by atoms with Gasteiger partial charge in [0, 0.05) is 26.1 Å². The fourth-order valence-electron chi connectivity index (χ4n) is 2.21. The summed E-state index contributed by atoms with van der Waals surface area (Å²) in [5, 5.41) is 3.61. The van der Waals surface area contributed by atoms with E-state index >= 15 is 0 Å². The molecule has 1 aliphatic rings. The van der Waals surface area contributed by atoms with Gasteiger partial charge in [-0.05, 0) is 12.8 Å². The second-order valence-corrected chi connectivity index (χ2v) is 5.80. The molecule has 20 heavy (non-hydrogen) atoms. The lowest BCUT2D eigenvalue weighted by Crippen LogP contribution is -2.24. The Hall–Kier alpha value is -1.74. The number of amides is 1. The molecule has 1 aromatic rings. The SMILES string of the molecule is C#CCCNC(=O)c1sc(N2CCCCCC2)nc1N. The summed E-state index contributed by atoms with van der Waals surface area (Å²) in [7, 11) is 0. The van der Waals surface area contributed by atoms with Crippen LogP contribution in [0.3, 0.4) is 0 Å². The van der Waals surface area contributed by atoms with Crippen molar-refractivity contribution in [3.63, 3.8) is 0 Å². The molecular formula is C14H20N4OS. The van der Waals surface area contributed by atoms with Gasteiger partial charge in [0.2, 0.25) is 0 Å². The van der Waals surface area contributed by atoms with Crippen molar-refractivity contribution in [2.75, 3.05) is 30.3 Å². The fourth-order valence-corrected chi connectivity index (χ4v) is 3.16. The zero-order valence-electron chi connectivity index (χ0n) is 11.5. The molecule has 1 aromatic heterocycles. The van der Waals surface area contributed by atoms with E-state index in [2.05, 4.69) is 21.1 Å². The van der Waals surface area contributed by atoms with Crippen LogP contribution in [0.5, 0.6) is 0 Å². The highest BCUT2D eigenvalue weighted by molar-refractivity contribution is 7.18. The van der Waals surface area contributed by atoms with Gasteiger partial charge in [0.15, 0.2) is 5.13 Å². The average molecular weight is 292 g/mol. The molecular weight excluding hydrogens is 272 g/mol. The molecule has 0 aromatic carbocycles. The zero-order chi connectivity index (χ0) is 14.4. The zero-order valence-corrected chi connectivity index (χ0v) is 12.3. The summed E-state index contributed by atoms with van der Waals surface area (Å²) >= 11 is 1.37. The Bertz CT molecular complexity index is 498. The maximum absolute atomic E-state index is 12.0. The predicted octanol–water partition coefficient (Wildman–Crippen LogP) is 1.86. The normalized spacial score (nSPS) is 15.4. The van der Waals surface area contributed by atoms with Gasteiger partial charge in [0.1, 0.15) is 10.7 Å². The second kappa shape index (κ2) is 7.15. The van der Waals surface area contributed by atoms with Gasteiger partial charge in [-0.25, -0.2) is 4.98 Å². The predicted molar refractivity (Wildman–Crippen MR) is 83.0 cm³/mol. The van der Waals surface area contributed by atoms with E-state index in [1.807, 2.05) is 0 Å². The molecule has 2 rings (SSSR count). The number of rotatable bonds is 4. The number of carbonyl (C=O) groups is 1. The molecule has 0 atom stereocenters. The highest BCUT2D eigenvalue weighted by Crippen LogP contribution is 2.29. The average Bonchev–Trinajstić information content (AvgIpc) is 2.66. The summed E-state index contributed by atoms with van der Waals surface area (Å²) in [5.74, 6) is 2.62. The minimum atomic E-state index is -0.184. The van der Waals surface area contributed by atoms with Crippen molar-refractivity contribution in [2.24, 2.45) is 0 Å². The number of nitrogens with zero attached hydrogens (tertiary/aromatic N) is 2. The van der Waals surface area contributed by atoms with Crippen LogP contribution in [0.4, 0.5) is 10.9 Å². The lowest BCUT2D eigenvalue weighted by atomic mass is 10.2. The summed E-state index contributed by atoms with van der Waals surface area (Å²) in [6.45, 7) is 2.45. The molecule has 1 amide bonds. The van der Waals surface area contributed by atoms with E-state index in [9.17, 15) is 4.79 Å². The summed E-state index contributed by atoms with van der Waals surface area (Å²) < 4.78 is 0. The van der Waals surface area contributed by atoms with E-state index in [1.54, 1.807) is 0 Å². The third-order valence-electron chi connectivity index (χ3n) is 3.28. The van der Waals surface area contributed by atoms with Crippen LogP contribution in [0.25, 0.3) is 0 Å². The van der Waals surface area contributed by atoms with Gasteiger partial charge in [-0.3, -0.25) is 4.79 Å². The Kier molecular flexibility index (Phi) is 5.24. The van der Waals surface area contributed by atoms with Crippen molar-refractivity contribution >= 4 is 28.2 Å². The van der Waals surface area contributed by atoms with Crippen LogP contribution in [0.15, 0.2) is 0 Å². The molecule has 0 bridgehead atoms. The molecule has 1 aliphatic heterocycles. The van der Waals surface area contributed by atoms with Crippen LogP contribution in [-0.2, 0) is 0 Å². The number of nitrogens with two attached hydrogens (primary N) is 1. The topological polar surface area (TPSA) is 71.2 Å². The molecule has 2 heterocycles. The second-order valence-electron chi connectivity index (χ2n) is 4.82. The molecule has 0 spiro atoms. The Balaban J connectivity index is 2.04. The fraction of sp³-hybridized carbons (Fsp3) is 0.571. The van der Waals surface area contributed by atoms with Gasteiger partial charge in [-0.15, -0.1) is 12.3 Å². The minimum absolute atomic E-state index is 0.184. The summed E-state index contributed by atoms with van der Waals surface area (Å²) in [4.78, 5) is 19.1. The third kappa shape index (κ3) is 3.64. The minimum Gasteiger partial charge on any atom is -0.382 e. The van der Waals surface area contributed by atoms with Crippen molar-refractivity contribution in [1.29, 1.82) is 0 Å². The van der Waals surface area contributed by atoms with Gasteiger partial charge in [0.05, 0.1) is 0 Å². The van der Waals surface area contributed by atoms with E-state index in [0.29, 0.717) is 23.7 Å². The monoisotopic (exact) mass is 292 g/mol. The van der Waals surface area contributed by atoms with Gasteiger partial charge in [-0.1, -0.05) is 24.2 Å². The Morgan fingerprint density at radius 2 is 2.10 bits per heavy atom. The number of hydrogen-bond acceptors (Lipinski definition) is 5. The summed E-state index contributed by atoms with van der Waals surface area (Å²) in [6.07, 6.45) is 10.5. The van der Waals surface area contributed by atoms with Crippen LogP contribution in [-0.4, -0.2) is 30.5 Å². The van der Waals surface area contributed by atoms with Crippen molar-refractivity contribution in [3.8, 4) is 12.3 Å². The first-order valence-corrected chi connectivity index (χ1v) is 7.77. The van der Waals surface area contributed by atoms with Crippen LogP contribution in [0.1, 0.15) is 41.8 Å². The first-order chi connectivity index (χ1) is 9.72. The van der Waals surface area contributed by atoms with Crippen LogP contribution >= 0.6 is 11.3 Å².